The molecule has 2 aliphatic heterocycles. The minimum Gasteiger partial charge on any atom is -0.497 e. The van der Waals surface area contributed by atoms with Crippen LogP contribution in [0.5, 0.6) is 11.5 Å². The fourth-order valence-corrected chi connectivity index (χ4v) is 4.26. The summed E-state index contributed by atoms with van der Waals surface area (Å²) < 4.78 is 11.5. The van der Waals surface area contributed by atoms with Crippen molar-refractivity contribution >= 4 is 28.9 Å². The number of ether oxygens (including phenoxy) is 2. The third kappa shape index (κ3) is 3.58. The highest BCUT2D eigenvalue weighted by Crippen LogP contribution is 2.39. The molecule has 32 heavy (non-hydrogen) atoms. The number of benzene rings is 2. The van der Waals surface area contributed by atoms with Crippen LogP contribution in [0.15, 0.2) is 48.4 Å². The third-order valence-corrected chi connectivity index (χ3v) is 6.00. The molecule has 0 unspecified atom stereocenters. The summed E-state index contributed by atoms with van der Waals surface area (Å²) >= 11 is 0. The van der Waals surface area contributed by atoms with Gasteiger partial charge in [-0.3, -0.25) is 9.69 Å². The average molecular weight is 433 g/mol. The Labute approximate surface area is 184 Å². The molecule has 2 N–H and O–H groups in total. The largest absolute Gasteiger partial charge is 0.497 e. The Kier molecular flexibility index (Phi) is 5.07. The number of hydrogen-bond donors (Lipinski definition) is 2. The van der Waals surface area contributed by atoms with E-state index in [0.717, 1.165) is 22.0 Å². The summed E-state index contributed by atoms with van der Waals surface area (Å²) in [7, 11) is 1.57. The number of para-hydroxylation sites is 1. The SMILES string of the molecule is COc1cc(CN2CCN(C(=O)O)CC2)c2c(c1)C(=O)C(=Cc1c[nH]c3ccccc13)O2. The Morgan fingerprint density at radius 2 is 2.00 bits per heavy atom. The lowest BCUT2D eigenvalue weighted by Gasteiger charge is -2.33. The maximum absolute atomic E-state index is 13.1. The predicted octanol–water partition coefficient (Wildman–Crippen LogP) is 3.59. The molecule has 2 aromatic carbocycles. The highest BCUT2D eigenvalue weighted by atomic mass is 16.5. The summed E-state index contributed by atoms with van der Waals surface area (Å²) in [6.07, 6.45) is 2.73. The van der Waals surface area contributed by atoms with Crippen LogP contribution in [-0.4, -0.2) is 65.1 Å². The van der Waals surface area contributed by atoms with E-state index in [1.54, 1.807) is 19.3 Å². The van der Waals surface area contributed by atoms with Gasteiger partial charge in [-0.25, -0.2) is 4.79 Å². The van der Waals surface area contributed by atoms with E-state index in [1.165, 1.54) is 4.90 Å². The number of Topliss-reactive ketones (excluding diaryl/α,β-unsaturated/α-hetero) is 1. The Hall–Kier alpha value is -3.78. The van der Waals surface area contributed by atoms with Gasteiger partial charge in [-0.05, 0) is 24.3 Å². The molecule has 8 heteroatoms. The molecule has 3 aromatic rings. The van der Waals surface area contributed by atoms with Crippen LogP contribution in [0.3, 0.4) is 0 Å². The number of fused-ring (bicyclic) bond motifs is 2. The predicted molar refractivity (Wildman–Crippen MR) is 119 cm³/mol. The van der Waals surface area contributed by atoms with Crippen molar-refractivity contribution in [3.05, 3.63) is 65.0 Å². The van der Waals surface area contributed by atoms with Crippen LogP contribution in [0.2, 0.25) is 0 Å². The van der Waals surface area contributed by atoms with E-state index in [1.807, 2.05) is 36.5 Å². The van der Waals surface area contributed by atoms with Crippen molar-refractivity contribution in [1.29, 1.82) is 0 Å². The van der Waals surface area contributed by atoms with Gasteiger partial charge in [0, 0.05) is 61.0 Å². The smallest absolute Gasteiger partial charge is 0.407 e. The number of methoxy groups -OCH3 is 1. The number of carbonyl (C=O) groups is 2. The number of carboxylic acid groups (broad SMARTS) is 1. The molecule has 0 spiro atoms. The molecule has 1 fully saturated rings. The zero-order valence-electron chi connectivity index (χ0n) is 17.6. The van der Waals surface area contributed by atoms with Crippen molar-refractivity contribution in [3.8, 4) is 11.5 Å². The normalized spacial score (nSPS) is 17.6. The summed E-state index contributed by atoms with van der Waals surface area (Å²) in [6.45, 7) is 2.68. The van der Waals surface area contributed by atoms with Gasteiger partial charge in [-0.2, -0.15) is 0 Å². The molecule has 5 rings (SSSR count). The summed E-state index contributed by atoms with van der Waals surface area (Å²) in [5, 5.41) is 10.2. The molecular weight excluding hydrogens is 410 g/mol. The lowest BCUT2D eigenvalue weighted by molar-refractivity contribution is 0.101. The molecule has 0 saturated carbocycles. The Morgan fingerprint density at radius 3 is 2.75 bits per heavy atom. The number of amides is 1. The first-order chi connectivity index (χ1) is 15.5. The Morgan fingerprint density at radius 1 is 1.22 bits per heavy atom. The molecule has 2 aliphatic rings. The number of carbonyl (C=O) groups excluding carboxylic acids is 1. The van der Waals surface area contributed by atoms with Crippen LogP contribution in [-0.2, 0) is 6.54 Å². The third-order valence-electron chi connectivity index (χ3n) is 6.00. The lowest BCUT2D eigenvalue weighted by Crippen LogP contribution is -2.47. The van der Waals surface area contributed by atoms with Gasteiger partial charge < -0.3 is 24.5 Å². The standard InChI is InChI=1S/C24H23N3O5/c1-31-17-10-16(14-26-6-8-27(9-7-26)24(29)30)23-19(12-17)22(28)21(32-23)11-15-13-25-20-5-3-2-4-18(15)20/h2-5,10-13,25H,6-9,14H2,1H3,(H,29,30). The quantitative estimate of drug-likeness (QED) is 0.611. The van der Waals surface area contributed by atoms with Crippen molar-refractivity contribution in [3.63, 3.8) is 0 Å². The van der Waals surface area contributed by atoms with Crippen LogP contribution >= 0.6 is 0 Å². The molecule has 1 aromatic heterocycles. The highest BCUT2D eigenvalue weighted by molar-refractivity contribution is 6.15. The van der Waals surface area contributed by atoms with Crippen LogP contribution in [0, 0.1) is 0 Å². The van der Waals surface area contributed by atoms with E-state index in [2.05, 4.69) is 9.88 Å². The number of hydrogen-bond acceptors (Lipinski definition) is 5. The number of aromatic nitrogens is 1. The second-order valence-corrected chi connectivity index (χ2v) is 7.94. The van der Waals surface area contributed by atoms with Crippen LogP contribution in [0.4, 0.5) is 4.79 Å². The first-order valence-corrected chi connectivity index (χ1v) is 10.4. The van der Waals surface area contributed by atoms with Crippen molar-refractivity contribution in [2.24, 2.45) is 0 Å². The molecule has 3 heterocycles. The zero-order valence-corrected chi connectivity index (χ0v) is 17.6. The summed E-state index contributed by atoms with van der Waals surface area (Å²) in [5.41, 5.74) is 3.20. The number of H-pyrrole nitrogens is 1. The van der Waals surface area contributed by atoms with Crippen LogP contribution in [0.25, 0.3) is 17.0 Å². The van der Waals surface area contributed by atoms with Gasteiger partial charge >= 0.3 is 6.09 Å². The number of nitrogens with one attached hydrogen (secondary N) is 1. The fourth-order valence-electron chi connectivity index (χ4n) is 4.26. The molecule has 0 aliphatic carbocycles. The highest BCUT2D eigenvalue weighted by Gasteiger charge is 2.32. The summed E-state index contributed by atoms with van der Waals surface area (Å²) in [5.74, 6) is 1.23. The van der Waals surface area contributed by atoms with Crippen LogP contribution in [0.1, 0.15) is 21.5 Å². The van der Waals surface area contributed by atoms with Gasteiger partial charge in [0.15, 0.2) is 5.76 Å². The number of piperazine rings is 1. The topological polar surface area (TPSA) is 95.1 Å². The first kappa shape index (κ1) is 20.1. The zero-order chi connectivity index (χ0) is 22.2. The molecule has 8 nitrogen and oxygen atoms in total. The van der Waals surface area contributed by atoms with Crippen molar-refractivity contribution in [2.45, 2.75) is 6.54 Å². The van der Waals surface area contributed by atoms with Gasteiger partial charge in [0.2, 0.25) is 5.78 Å². The molecule has 164 valence electrons. The van der Waals surface area contributed by atoms with Gasteiger partial charge in [-0.15, -0.1) is 0 Å². The molecule has 0 bridgehead atoms. The average Bonchev–Trinajstić information content (AvgIpc) is 3.36. The summed E-state index contributed by atoms with van der Waals surface area (Å²) in [4.78, 5) is 31.1. The number of nitrogens with zero attached hydrogens (tertiary/aromatic N) is 2. The minimum atomic E-state index is -0.895. The van der Waals surface area contributed by atoms with Crippen molar-refractivity contribution in [2.75, 3.05) is 33.3 Å². The molecule has 0 radical (unpaired) electrons. The van der Waals surface area contributed by atoms with E-state index in [0.29, 0.717) is 49.8 Å². The maximum Gasteiger partial charge on any atom is 0.407 e. The lowest BCUT2D eigenvalue weighted by atomic mass is 10.0. The minimum absolute atomic E-state index is 0.180. The number of rotatable bonds is 4. The van der Waals surface area contributed by atoms with E-state index in [-0.39, 0.29) is 11.5 Å². The van der Waals surface area contributed by atoms with E-state index >= 15 is 0 Å². The molecule has 1 amide bonds. The number of allylic oxidation sites excluding steroid dienone is 1. The molecule has 1 saturated heterocycles. The van der Waals surface area contributed by atoms with E-state index in [9.17, 15) is 9.59 Å². The van der Waals surface area contributed by atoms with Crippen molar-refractivity contribution in [1.82, 2.24) is 14.8 Å². The first-order valence-electron chi connectivity index (χ1n) is 10.4. The Bertz CT molecular complexity index is 1240. The Balaban J connectivity index is 1.44. The van der Waals surface area contributed by atoms with Gasteiger partial charge in [0.25, 0.3) is 0 Å². The number of aromatic amines is 1. The van der Waals surface area contributed by atoms with Crippen molar-refractivity contribution < 1.29 is 24.2 Å². The maximum atomic E-state index is 13.1. The second kappa shape index (κ2) is 8.05. The molecule has 0 atom stereocenters. The van der Waals surface area contributed by atoms with E-state index < -0.39 is 6.09 Å². The number of ketones is 1. The second-order valence-electron chi connectivity index (χ2n) is 7.94. The monoisotopic (exact) mass is 433 g/mol. The van der Waals surface area contributed by atoms with Gasteiger partial charge in [0.05, 0.1) is 12.7 Å². The fraction of sp³-hybridized carbons (Fsp3) is 0.250. The van der Waals surface area contributed by atoms with E-state index in [4.69, 9.17) is 14.6 Å². The van der Waals surface area contributed by atoms with Gasteiger partial charge in [-0.1, -0.05) is 18.2 Å². The molecular formula is C24H23N3O5. The van der Waals surface area contributed by atoms with Crippen LogP contribution < -0.4 is 9.47 Å². The summed E-state index contributed by atoms with van der Waals surface area (Å²) in [6, 6.07) is 11.5. The van der Waals surface area contributed by atoms with Gasteiger partial charge in [0.1, 0.15) is 11.5 Å².